The van der Waals surface area contributed by atoms with Gasteiger partial charge in [0.05, 0.1) is 0 Å². The number of hydrogen-bond acceptors (Lipinski definition) is 2. The molecule has 0 spiro atoms. The van der Waals surface area contributed by atoms with Gasteiger partial charge in [0, 0.05) is 33.4 Å². The van der Waals surface area contributed by atoms with Crippen LogP contribution in [-0.4, -0.2) is 30.5 Å². The SMILES string of the molecule is CN(C)CCc1ccccc1Sc1c[nH]c2ccccc12. The van der Waals surface area contributed by atoms with E-state index in [1.165, 1.54) is 26.3 Å². The van der Waals surface area contributed by atoms with Gasteiger partial charge in [-0.1, -0.05) is 48.2 Å². The van der Waals surface area contributed by atoms with Gasteiger partial charge < -0.3 is 9.88 Å². The maximum Gasteiger partial charge on any atom is 0.0465 e. The molecule has 2 aromatic carbocycles. The lowest BCUT2D eigenvalue weighted by atomic mass is 10.1. The van der Waals surface area contributed by atoms with E-state index in [4.69, 9.17) is 0 Å². The van der Waals surface area contributed by atoms with Crippen molar-refractivity contribution in [1.82, 2.24) is 9.88 Å². The van der Waals surface area contributed by atoms with Crippen LogP contribution in [0.15, 0.2) is 64.5 Å². The van der Waals surface area contributed by atoms with Crippen LogP contribution in [0.25, 0.3) is 10.9 Å². The minimum Gasteiger partial charge on any atom is -0.360 e. The van der Waals surface area contributed by atoms with Crippen molar-refractivity contribution in [2.45, 2.75) is 16.2 Å². The third-order valence-electron chi connectivity index (χ3n) is 3.57. The van der Waals surface area contributed by atoms with Crippen molar-refractivity contribution in [3.8, 4) is 0 Å². The number of aromatic amines is 1. The van der Waals surface area contributed by atoms with E-state index in [-0.39, 0.29) is 0 Å². The fraction of sp³-hybridized carbons (Fsp3) is 0.222. The van der Waals surface area contributed by atoms with Crippen LogP contribution in [0.2, 0.25) is 0 Å². The Hall–Kier alpha value is -1.71. The van der Waals surface area contributed by atoms with E-state index in [2.05, 4.69) is 78.7 Å². The average molecular weight is 296 g/mol. The van der Waals surface area contributed by atoms with Crippen LogP contribution in [0.4, 0.5) is 0 Å². The van der Waals surface area contributed by atoms with Gasteiger partial charge in [0.25, 0.3) is 0 Å². The molecule has 2 nitrogen and oxygen atoms in total. The summed E-state index contributed by atoms with van der Waals surface area (Å²) in [5, 5.41) is 1.30. The van der Waals surface area contributed by atoms with E-state index < -0.39 is 0 Å². The number of para-hydroxylation sites is 1. The smallest absolute Gasteiger partial charge is 0.0465 e. The minimum atomic E-state index is 1.07. The van der Waals surface area contributed by atoms with E-state index >= 15 is 0 Å². The Morgan fingerprint density at radius 1 is 0.952 bits per heavy atom. The van der Waals surface area contributed by atoms with Gasteiger partial charge in [-0.2, -0.15) is 0 Å². The number of nitrogens with one attached hydrogen (secondary N) is 1. The third-order valence-corrected chi connectivity index (χ3v) is 4.75. The molecule has 0 aliphatic rings. The second-order valence-corrected chi connectivity index (χ2v) is 6.55. The van der Waals surface area contributed by atoms with Gasteiger partial charge in [0.15, 0.2) is 0 Å². The Balaban J connectivity index is 1.87. The van der Waals surface area contributed by atoms with Gasteiger partial charge in [-0.15, -0.1) is 0 Å². The Kier molecular flexibility index (Phi) is 4.32. The van der Waals surface area contributed by atoms with Gasteiger partial charge in [-0.3, -0.25) is 0 Å². The van der Waals surface area contributed by atoms with Gasteiger partial charge in [-0.25, -0.2) is 0 Å². The van der Waals surface area contributed by atoms with Crippen molar-refractivity contribution in [3.05, 3.63) is 60.3 Å². The molecule has 0 aliphatic carbocycles. The van der Waals surface area contributed by atoms with Crippen LogP contribution >= 0.6 is 11.8 Å². The Morgan fingerprint density at radius 3 is 2.57 bits per heavy atom. The molecule has 108 valence electrons. The molecule has 0 bridgehead atoms. The van der Waals surface area contributed by atoms with Crippen molar-refractivity contribution in [3.63, 3.8) is 0 Å². The second-order valence-electron chi connectivity index (χ2n) is 5.46. The summed E-state index contributed by atoms with van der Waals surface area (Å²) < 4.78 is 0. The zero-order valence-electron chi connectivity index (χ0n) is 12.5. The molecule has 0 saturated carbocycles. The number of fused-ring (bicyclic) bond motifs is 1. The molecule has 1 N–H and O–H groups in total. The van der Waals surface area contributed by atoms with Gasteiger partial charge in [0.1, 0.15) is 0 Å². The highest BCUT2D eigenvalue weighted by molar-refractivity contribution is 7.99. The molecule has 0 unspecified atom stereocenters. The van der Waals surface area contributed by atoms with Crippen molar-refractivity contribution in [1.29, 1.82) is 0 Å². The third kappa shape index (κ3) is 3.31. The highest BCUT2D eigenvalue weighted by atomic mass is 32.2. The van der Waals surface area contributed by atoms with E-state index in [9.17, 15) is 0 Å². The summed E-state index contributed by atoms with van der Waals surface area (Å²) in [4.78, 5) is 8.22. The lowest BCUT2D eigenvalue weighted by Gasteiger charge is -2.12. The summed E-state index contributed by atoms with van der Waals surface area (Å²) >= 11 is 1.85. The van der Waals surface area contributed by atoms with Crippen LogP contribution in [-0.2, 0) is 6.42 Å². The molecule has 3 heteroatoms. The molecule has 1 aromatic heterocycles. The lowest BCUT2D eigenvalue weighted by Crippen LogP contribution is -2.15. The maximum atomic E-state index is 3.35. The lowest BCUT2D eigenvalue weighted by molar-refractivity contribution is 0.412. The van der Waals surface area contributed by atoms with Crippen LogP contribution in [0.5, 0.6) is 0 Å². The molecule has 0 aliphatic heterocycles. The molecule has 1 heterocycles. The predicted octanol–water partition coefficient (Wildman–Crippen LogP) is 4.42. The second kappa shape index (κ2) is 6.37. The minimum absolute atomic E-state index is 1.07. The molecular formula is C18H20N2S. The van der Waals surface area contributed by atoms with Gasteiger partial charge in [-0.05, 0) is 38.2 Å². The normalized spacial score (nSPS) is 11.4. The highest BCUT2D eigenvalue weighted by Gasteiger charge is 2.08. The predicted molar refractivity (Wildman–Crippen MR) is 91.1 cm³/mol. The summed E-state index contributed by atoms with van der Waals surface area (Å²) in [6.07, 6.45) is 3.19. The van der Waals surface area contributed by atoms with Crippen molar-refractivity contribution in [2.24, 2.45) is 0 Å². The van der Waals surface area contributed by atoms with Crippen molar-refractivity contribution in [2.75, 3.05) is 20.6 Å². The quantitative estimate of drug-likeness (QED) is 0.751. The number of likely N-dealkylation sites (N-methyl/N-ethyl adjacent to an activating group) is 1. The molecular weight excluding hydrogens is 276 g/mol. The summed E-state index contributed by atoms with van der Waals surface area (Å²) in [5.74, 6) is 0. The molecule has 3 aromatic rings. The van der Waals surface area contributed by atoms with Crippen LogP contribution in [0.1, 0.15) is 5.56 Å². The number of aromatic nitrogens is 1. The van der Waals surface area contributed by atoms with Crippen LogP contribution in [0.3, 0.4) is 0 Å². The number of nitrogens with zero attached hydrogens (tertiary/aromatic N) is 1. The topological polar surface area (TPSA) is 19.0 Å². The molecule has 0 radical (unpaired) electrons. The summed E-state index contributed by atoms with van der Waals surface area (Å²) in [6, 6.07) is 17.2. The number of H-pyrrole nitrogens is 1. The summed E-state index contributed by atoms with van der Waals surface area (Å²) in [5.41, 5.74) is 2.62. The van der Waals surface area contributed by atoms with E-state index in [1.54, 1.807) is 0 Å². The van der Waals surface area contributed by atoms with Gasteiger partial charge in [0.2, 0.25) is 0 Å². The van der Waals surface area contributed by atoms with Crippen LogP contribution < -0.4 is 0 Å². The first-order valence-corrected chi connectivity index (χ1v) is 8.02. The van der Waals surface area contributed by atoms with Gasteiger partial charge >= 0.3 is 0 Å². The Morgan fingerprint density at radius 2 is 1.71 bits per heavy atom. The largest absolute Gasteiger partial charge is 0.360 e. The highest BCUT2D eigenvalue weighted by Crippen LogP contribution is 2.35. The Bertz CT molecular complexity index is 731. The molecule has 21 heavy (non-hydrogen) atoms. The zero-order valence-corrected chi connectivity index (χ0v) is 13.3. The Labute approximate surface area is 130 Å². The first kappa shape index (κ1) is 14.2. The van der Waals surface area contributed by atoms with Crippen molar-refractivity contribution < 1.29 is 0 Å². The standard InChI is InChI=1S/C18H20N2S/c1-20(2)12-11-14-7-3-6-10-17(14)21-18-13-19-16-9-5-4-8-15(16)18/h3-10,13,19H,11-12H2,1-2H3. The first-order valence-electron chi connectivity index (χ1n) is 7.20. The average Bonchev–Trinajstić information content (AvgIpc) is 2.90. The van der Waals surface area contributed by atoms with Crippen LogP contribution in [0, 0.1) is 0 Å². The summed E-state index contributed by atoms with van der Waals surface area (Å²) in [6.45, 7) is 1.07. The van der Waals surface area contributed by atoms with Crippen molar-refractivity contribution >= 4 is 22.7 Å². The summed E-state index contributed by atoms with van der Waals surface area (Å²) in [7, 11) is 4.24. The molecule has 0 amide bonds. The first-order chi connectivity index (χ1) is 10.2. The number of rotatable bonds is 5. The van der Waals surface area contributed by atoms with E-state index in [1.807, 2.05) is 11.8 Å². The van der Waals surface area contributed by atoms with E-state index in [0.29, 0.717) is 0 Å². The zero-order chi connectivity index (χ0) is 14.7. The fourth-order valence-corrected chi connectivity index (χ4v) is 3.49. The molecule has 0 fully saturated rings. The molecule has 0 saturated heterocycles. The maximum absolute atomic E-state index is 3.35. The molecule has 0 atom stereocenters. The number of hydrogen-bond donors (Lipinski definition) is 1. The van der Waals surface area contributed by atoms with E-state index in [0.717, 1.165) is 13.0 Å². The monoisotopic (exact) mass is 296 g/mol. The number of benzene rings is 2. The molecule has 3 rings (SSSR count). The fourth-order valence-electron chi connectivity index (χ4n) is 2.40.